The summed E-state index contributed by atoms with van der Waals surface area (Å²) in [6.07, 6.45) is 3.77. The number of anilines is 4. The minimum Gasteiger partial charge on any atom is -0.494 e. The third kappa shape index (κ3) is 6.59. The molecule has 0 spiro atoms. The molecule has 2 heterocycles. The van der Waals surface area contributed by atoms with Crippen LogP contribution in [0.25, 0.3) is 0 Å². The molecule has 0 aliphatic heterocycles. The van der Waals surface area contributed by atoms with Crippen LogP contribution in [0.5, 0.6) is 5.75 Å². The van der Waals surface area contributed by atoms with Gasteiger partial charge in [-0.05, 0) is 55.9 Å². The molecule has 10 heteroatoms. The highest BCUT2D eigenvalue weighted by Gasteiger charge is 2.22. The summed E-state index contributed by atoms with van der Waals surface area (Å²) in [6.45, 7) is 8.06. The molecule has 0 radical (unpaired) electrons. The summed E-state index contributed by atoms with van der Waals surface area (Å²) in [5.74, 6) is 1.70. The zero-order valence-corrected chi connectivity index (χ0v) is 19.1. The Bertz CT molecular complexity index is 1030. The number of benzene rings is 1. The van der Waals surface area contributed by atoms with Crippen molar-refractivity contribution < 1.29 is 9.66 Å². The van der Waals surface area contributed by atoms with Gasteiger partial charge >= 0.3 is 5.69 Å². The number of nitro groups is 1. The number of rotatable bonds is 12. The average Bonchev–Trinajstić information content (AvgIpc) is 2.85. The van der Waals surface area contributed by atoms with Gasteiger partial charge in [-0.2, -0.15) is 4.98 Å². The van der Waals surface area contributed by atoms with E-state index in [0.717, 1.165) is 37.5 Å². The van der Waals surface area contributed by atoms with Gasteiger partial charge in [-0.1, -0.05) is 19.9 Å². The summed E-state index contributed by atoms with van der Waals surface area (Å²) < 4.78 is 5.82. The summed E-state index contributed by atoms with van der Waals surface area (Å²) >= 11 is 0. The van der Waals surface area contributed by atoms with Gasteiger partial charge in [-0.3, -0.25) is 10.1 Å². The van der Waals surface area contributed by atoms with E-state index in [-0.39, 0.29) is 17.5 Å². The van der Waals surface area contributed by atoms with Crippen LogP contribution in [0.3, 0.4) is 0 Å². The molecule has 2 aromatic heterocycles. The Balaban J connectivity index is 1.66. The van der Waals surface area contributed by atoms with E-state index in [2.05, 4.69) is 39.0 Å². The van der Waals surface area contributed by atoms with Crippen LogP contribution in [-0.2, 0) is 0 Å². The SMILES string of the molecule is CCN(CC)CCCOc1ccc(Nc2ncc([N+](=O)[O-])c(N(C)c3ccccn3)n2)cc1. The largest absolute Gasteiger partial charge is 0.494 e. The number of nitrogens with one attached hydrogen (secondary N) is 1. The van der Waals surface area contributed by atoms with E-state index in [0.29, 0.717) is 12.4 Å². The van der Waals surface area contributed by atoms with Gasteiger partial charge in [0.1, 0.15) is 17.8 Å². The lowest BCUT2D eigenvalue weighted by Gasteiger charge is -2.18. The molecule has 0 unspecified atom stereocenters. The van der Waals surface area contributed by atoms with Crippen molar-refractivity contribution in [1.29, 1.82) is 0 Å². The first kappa shape index (κ1) is 23.9. The van der Waals surface area contributed by atoms with Crippen molar-refractivity contribution in [3.63, 3.8) is 0 Å². The highest BCUT2D eigenvalue weighted by molar-refractivity contribution is 5.67. The Labute approximate surface area is 193 Å². The van der Waals surface area contributed by atoms with Crippen LogP contribution in [0.15, 0.2) is 54.9 Å². The van der Waals surface area contributed by atoms with Gasteiger partial charge in [0.25, 0.3) is 0 Å². The van der Waals surface area contributed by atoms with Gasteiger partial charge in [0, 0.05) is 25.5 Å². The summed E-state index contributed by atoms with van der Waals surface area (Å²) in [5, 5.41) is 14.6. The fraction of sp³-hybridized carbons (Fsp3) is 0.348. The number of hydrogen-bond donors (Lipinski definition) is 1. The molecule has 0 saturated heterocycles. The van der Waals surface area contributed by atoms with Gasteiger partial charge in [-0.15, -0.1) is 0 Å². The van der Waals surface area contributed by atoms with Crippen LogP contribution in [0, 0.1) is 10.1 Å². The zero-order chi connectivity index (χ0) is 23.6. The molecule has 1 N–H and O–H groups in total. The van der Waals surface area contributed by atoms with Gasteiger partial charge in [0.05, 0.1) is 11.5 Å². The lowest BCUT2D eigenvalue weighted by Crippen LogP contribution is -2.25. The third-order valence-corrected chi connectivity index (χ3v) is 5.15. The van der Waals surface area contributed by atoms with E-state index in [1.807, 2.05) is 24.3 Å². The van der Waals surface area contributed by atoms with E-state index < -0.39 is 4.92 Å². The van der Waals surface area contributed by atoms with Crippen LogP contribution in [-0.4, -0.2) is 58.1 Å². The quantitative estimate of drug-likeness (QED) is 0.243. The molecule has 3 rings (SSSR count). The predicted octanol–water partition coefficient (Wildman–Crippen LogP) is 4.40. The maximum absolute atomic E-state index is 11.5. The Morgan fingerprint density at radius 1 is 1.09 bits per heavy atom. The molecule has 174 valence electrons. The molecular weight excluding hydrogens is 422 g/mol. The van der Waals surface area contributed by atoms with Crippen molar-refractivity contribution in [3.8, 4) is 5.75 Å². The van der Waals surface area contributed by atoms with Crippen molar-refractivity contribution in [2.45, 2.75) is 20.3 Å². The van der Waals surface area contributed by atoms with Gasteiger partial charge in [0.15, 0.2) is 0 Å². The van der Waals surface area contributed by atoms with E-state index in [1.54, 1.807) is 36.3 Å². The molecule has 0 atom stereocenters. The summed E-state index contributed by atoms with van der Waals surface area (Å²) in [5.41, 5.74) is 0.535. The number of aromatic nitrogens is 3. The highest BCUT2D eigenvalue weighted by Crippen LogP contribution is 2.30. The molecule has 0 saturated carbocycles. The summed E-state index contributed by atoms with van der Waals surface area (Å²) in [6, 6.07) is 12.8. The fourth-order valence-corrected chi connectivity index (χ4v) is 3.24. The van der Waals surface area contributed by atoms with Crippen molar-refractivity contribution in [2.75, 3.05) is 43.5 Å². The Hall–Kier alpha value is -3.79. The van der Waals surface area contributed by atoms with E-state index in [1.165, 1.54) is 6.20 Å². The molecular formula is C23H29N7O3. The molecule has 0 fully saturated rings. The van der Waals surface area contributed by atoms with Crippen molar-refractivity contribution in [2.24, 2.45) is 0 Å². The van der Waals surface area contributed by atoms with Crippen LogP contribution < -0.4 is 15.0 Å². The maximum Gasteiger partial charge on any atom is 0.330 e. The second kappa shape index (κ2) is 11.7. The summed E-state index contributed by atoms with van der Waals surface area (Å²) in [4.78, 5) is 27.6. The Kier molecular flexibility index (Phi) is 8.48. The van der Waals surface area contributed by atoms with E-state index in [4.69, 9.17) is 4.74 Å². The molecule has 0 aliphatic rings. The standard InChI is InChI=1S/C23H29N7O3/c1-4-29(5-2)15-8-16-33-19-12-10-18(11-13-19)26-23-25-17-20(30(31)32)22(27-23)28(3)21-9-6-7-14-24-21/h6-7,9-14,17H,4-5,8,15-16H2,1-3H3,(H,25,26,27). The molecule has 0 bridgehead atoms. The molecule has 33 heavy (non-hydrogen) atoms. The monoisotopic (exact) mass is 451 g/mol. The Morgan fingerprint density at radius 2 is 1.85 bits per heavy atom. The lowest BCUT2D eigenvalue weighted by molar-refractivity contribution is -0.384. The number of ether oxygens (including phenoxy) is 1. The van der Waals surface area contributed by atoms with Crippen LogP contribution in [0.2, 0.25) is 0 Å². The first-order valence-electron chi connectivity index (χ1n) is 10.9. The number of nitrogens with zero attached hydrogens (tertiary/aromatic N) is 6. The zero-order valence-electron chi connectivity index (χ0n) is 19.1. The highest BCUT2D eigenvalue weighted by atomic mass is 16.6. The minimum absolute atomic E-state index is 0.143. The second-order valence-corrected chi connectivity index (χ2v) is 7.28. The van der Waals surface area contributed by atoms with Crippen molar-refractivity contribution >= 4 is 29.0 Å². The third-order valence-electron chi connectivity index (χ3n) is 5.15. The van der Waals surface area contributed by atoms with Gasteiger partial charge in [0.2, 0.25) is 11.8 Å². The van der Waals surface area contributed by atoms with Crippen LogP contribution >= 0.6 is 0 Å². The van der Waals surface area contributed by atoms with Crippen LogP contribution in [0.1, 0.15) is 20.3 Å². The first-order chi connectivity index (χ1) is 16.0. The fourth-order valence-electron chi connectivity index (χ4n) is 3.24. The molecule has 10 nitrogen and oxygen atoms in total. The molecule has 1 aromatic carbocycles. The number of pyridine rings is 1. The minimum atomic E-state index is -0.509. The lowest BCUT2D eigenvalue weighted by atomic mass is 10.3. The van der Waals surface area contributed by atoms with E-state index in [9.17, 15) is 10.1 Å². The van der Waals surface area contributed by atoms with Crippen molar-refractivity contribution in [3.05, 3.63) is 65.0 Å². The topological polar surface area (TPSA) is 110 Å². The maximum atomic E-state index is 11.5. The van der Waals surface area contributed by atoms with Crippen LogP contribution in [0.4, 0.5) is 29.0 Å². The normalized spacial score (nSPS) is 10.8. The first-order valence-corrected chi connectivity index (χ1v) is 10.9. The predicted molar refractivity (Wildman–Crippen MR) is 129 cm³/mol. The smallest absolute Gasteiger partial charge is 0.330 e. The van der Waals surface area contributed by atoms with Gasteiger partial charge < -0.3 is 19.9 Å². The van der Waals surface area contributed by atoms with E-state index >= 15 is 0 Å². The molecule has 0 aliphatic carbocycles. The summed E-state index contributed by atoms with van der Waals surface area (Å²) in [7, 11) is 1.67. The number of hydrogen-bond acceptors (Lipinski definition) is 9. The molecule has 3 aromatic rings. The second-order valence-electron chi connectivity index (χ2n) is 7.28. The average molecular weight is 452 g/mol. The van der Waals surface area contributed by atoms with Crippen molar-refractivity contribution in [1.82, 2.24) is 19.9 Å². The van der Waals surface area contributed by atoms with Gasteiger partial charge in [-0.25, -0.2) is 9.97 Å². The molecule has 0 amide bonds. The Morgan fingerprint density at radius 3 is 2.48 bits per heavy atom.